The zero-order chi connectivity index (χ0) is 18.1. The Kier molecular flexibility index (Phi) is 4.36. The molecule has 4 rings (SSSR count). The number of halogens is 1. The summed E-state index contributed by atoms with van der Waals surface area (Å²) in [6.07, 6.45) is 3.24. The first-order chi connectivity index (χ1) is 12.6. The van der Waals surface area contributed by atoms with Gasteiger partial charge in [-0.25, -0.2) is 9.37 Å². The summed E-state index contributed by atoms with van der Waals surface area (Å²) in [7, 11) is 0. The number of amides is 1. The minimum atomic E-state index is -0.309. The molecule has 0 aliphatic heterocycles. The van der Waals surface area contributed by atoms with Crippen molar-refractivity contribution < 1.29 is 9.18 Å². The van der Waals surface area contributed by atoms with Crippen LogP contribution in [0.4, 0.5) is 10.2 Å². The Hall–Kier alpha value is -2.84. The van der Waals surface area contributed by atoms with Gasteiger partial charge < -0.3 is 5.32 Å². The fourth-order valence-electron chi connectivity index (χ4n) is 2.42. The molecule has 130 valence electrons. The number of thiazole rings is 1. The van der Waals surface area contributed by atoms with E-state index in [0.29, 0.717) is 16.5 Å². The van der Waals surface area contributed by atoms with E-state index in [-0.39, 0.29) is 11.7 Å². The van der Waals surface area contributed by atoms with Gasteiger partial charge in [-0.05, 0) is 42.6 Å². The van der Waals surface area contributed by atoms with Crippen molar-refractivity contribution in [3.63, 3.8) is 0 Å². The van der Waals surface area contributed by atoms with Crippen molar-refractivity contribution in [3.05, 3.63) is 64.2 Å². The van der Waals surface area contributed by atoms with E-state index in [4.69, 9.17) is 0 Å². The van der Waals surface area contributed by atoms with Crippen LogP contribution in [-0.4, -0.2) is 20.7 Å². The van der Waals surface area contributed by atoms with Crippen LogP contribution in [0.3, 0.4) is 0 Å². The van der Waals surface area contributed by atoms with E-state index in [1.165, 1.54) is 29.5 Å². The van der Waals surface area contributed by atoms with E-state index in [2.05, 4.69) is 15.4 Å². The predicted molar refractivity (Wildman–Crippen MR) is 103 cm³/mol. The number of anilines is 1. The van der Waals surface area contributed by atoms with Gasteiger partial charge in [-0.2, -0.15) is 9.78 Å². The number of carbonyl (C=O) groups is 1. The van der Waals surface area contributed by atoms with Crippen LogP contribution in [0.15, 0.2) is 47.9 Å². The van der Waals surface area contributed by atoms with E-state index in [9.17, 15) is 9.18 Å². The van der Waals surface area contributed by atoms with Crippen LogP contribution < -0.4 is 5.32 Å². The second-order valence-electron chi connectivity index (χ2n) is 5.53. The monoisotopic (exact) mass is 384 g/mol. The van der Waals surface area contributed by atoms with Gasteiger partial charge in [0.1, 0.15) is 11.6 Å². The van der Waals surface area contributed by atoms with Crippen molar-refractivity contribution in [2.75, 3.05) is 5.32 Å². The number of hydrogen-bond donors (Lipinski definition) is 1. The number of carbonyl (C=O) groups excluding carboxylic acids is 1. The Labute approximate surface area is 156 Å². The van der Waals surface area contributed by atoms with Crippen LogP contribution in [0.1, 0.15) is 10.6 Å². The molecular weight excluding hydrogens is 371 g/mol. The van der Waals surface area contributed by atoms with Gasteiger partial charge in [0, 0.05) is 17.0 Å². The van der Waals surface area contributed by atoms with Crippen LogP contribution in [0, 0.1) is 12.7 Å². The van der Waals surface area contributed by atoms with E-state index in [0.717, 1.165) is 15.3 Å². The summed E-state index contributed by atoms with van der Waals surface area (Å²) >= 11 is 2.87. The molecule has 0 spiro atoms. The fraction of sp³-hybridized carbons (Fsp3) is 0.0556. The molecule has 1 amide bonds. The van der Waals surface area contributed by atoms with Crippen LogP contribution >= 0.6 is 22.7 Å². The lowest BCUT2D eigenvalue weighted by Crippen LogP contribution is -2.12. The number of aryl methyl sites for hydroxylation is 1. The molecular formula is C18H13FN4OS2. The van der Waals surface area contributed by atoms with Crippen molar-refractivity contribution in [2.24, 2.45) is 0 Å². The second kappa shape index (κ2) is 6.81. The number of nitrogens with one attached hydrogen (secondary N) is 1. The topological polar surface area (TPSA) is 59.8 Å². The highest BCUT2D eigenvalue weighted by atomic mass is 32.1. The average molecular weight is 384 g/mol. The molecule has 3 heterocycles. The van der Waals surface area contributed by atoms with E-state index >= 15 is 0 Å². The highest BCUT2D eigenvalue weighted by Crippen LogP contribution is 2.27. The molecule has 0 saturated heterocycles. The number of benzene rings is 1. The highest BCUT2D eigenvalue weighted by molar-refractivity contribution is 7.20. The predicted octanol–water partition coefficient (Wildman–Crippen LogP) is 4.64. The Morgan fingerprint density at radius 2 is 2.19 bits per heavy atom. The van der Waals surface area contributed by atoms with Crippen LogP contribution in [0.25, 0.3) is 21.4 Å². The lowest BCUT2D eigenvalue weighted by Gasteiger charge is -2.03. The fourth-order valence-corrected chi connectivity index (χ4v) is 4.00. The molecule has 0 aliphatic rings. The first-order valence-corrected chi connectivity index (χ1v) is 9.44. The zero-order valence-electron chi connectivity index (χ0n) is 13.6. The summed E-state index contributed by atoms with van der Waals surface area (Å²) in [4.78, 5) is 17.7. The lowest BCUT2D eigenvalue weighted by molar-refractivity contribution is -0.111. The normalized spacial score (nSPS) is 11.5. The number of fused-ring (bicyclic) bond motifs is 1. The third kappa shape index (κ3) is 3.42. The van der Waals surface area contributed by atoms with Crippen LogP contribution in [0.2, 0.25) is 0 Å². The van der Waals surface area contributed by atoms with Gasteiger partial charge in [-0.1, -0.05) is 17.4 Å². The first-order valence-electron chi connectivity index (χ1n) is 7.74. The molecule has 0 aliphatic carbocycles. The van der Waals surface area contributed by atoms with E-state index in [1.54, 1.807) is 34.2 Å². The number of aromatic nitrogens is 3. The summed E-state index contributed by atoms with van der Waals surface area (Å²) in [5, 5.41) is 9.73. The minimum Gasteiger partial charge on any atom is -0.307 e. The van der Waals surface area contributed by atoms with Gasteiger partial charge in [-0.3, -0.25) is 4.79 Å². The van der Waals surface area contributed by atoms with Gasteiger partial charge >= 0.3 is 0 Å². The van der Waals surface area contributed by atoms with Crippen LogP contribution in [0.5, 0.6) is 0 Å². The SMILES string of the molecule is Cc1cc(NC(=O)/C=C/c2cccs2)n(-c2nc3ccc(F)cc3s2)n1. The largest absolute Gasteiger partial charge is 0.307 e. The standard InChI is InChI=1S/C18H13FN4OS2/c1-11-9-16(21-17(24)7-5-13-3-2-8-25-13)23(22-11)18-20-14-6-4-12(19)10-15(14)26-18/h2-10H,1H3,(H,21,24)/b7-5+. The lowest BCUT2D eigenvalue weighted by atomic mass is 10.3. The summed E-state index contributed by atoms with van der Waals surface area (Å²) in [6.45, 7) is 1.83. The molecule has 0 saturated carbocycles. The third-order valence-electron chi connectivity index (χ3n) is 3.55. The Balaban J connectivity index is 1.62. The molecule has 5 nitrogen and oxygen atoms in total. The quantitative estimate of drug-likeness (QED) is 0.521. The number of rotatable bonds is 4. The average Bonchev–Trinajstić information content (AvgIpc) is 3.32. The molecule has 3 aromatic heterocycles. The van der Waals surface area contributed by atoms with E-state index in [1.807, 2.05) is 24.4 Å². The molecule has 8 heteroatoms. The molecule has 26 heavy (non-hydrogen) atoms. The maximum Gasteiger partial charge on any atom is 0.249 e. The molecule has 0 radical (unpaired) electrons. The van der Waals surface area contributed by atoms with Crippen molar-refractivity contribution in [2.45, 2.75) is 6.92 Å². The molecule has 0 atom stereocenters. The summed E-state index contributed by atoms with van der Waals surface area (Å²) < 4.78 is 15.7. The second-order valence-corrected chi connectivity index (χ2v) is 7.52. The van der Waals surface area contributed by atoms with Crippen molar-refractivity contribution >= 4 is 50.7 Å². The summed E-state index contributed by atoms with van der Waals surface area (Å²) in [6, 6.07) is 10.1. The molecule has 4 aromatic rings. The molecule has 1 N–H and O–H groups in total. The van der Waals surface area contributed by atoms with Gasteiger partial charge in [-0.15, -0.1) is 11.3 Å². The Bertz CT molecular complexity index is 1110. The molecule has 0 fully saturated rings. The van der Waals surface area contributed by atoms with E-state index < -0.39 is 0 Å². The summed E-state index contributed by atoms with van der Waals surface area (Å²) in [5.74, 6) is -0.0499. The zero-order valence-corrected chi connectivity index (χ0v) is 15.3. The Morgan fingerprint density at radius 3 is 3.00 bits per heavy atom. The van der Waals surface area contributed by atoms with Gasteiger partial charge in [0.15, 0.2) is 0 Å². The van der Waals surface area contributed by atoms with Crippen molar-refractivity contribution in [1.82, 2.24) is 14.8 Å². The molecule has 0 unspecified atom stereocenters. The van der Waals surface area contributed by atoms with Crippen molar-refractivity contribution in [3.8, 4) is 5.13 Å². The maximum absolute atomic E-state index is 13.4. The van der Waals surface area contributed by atoms with Gasteiger partial charge in [0.25, 0.3) is 0 Å². The number of nitrogens with zero attached hydrogens (tertiary/aromatic N) is 3. The first kappa shape index (κ1) is 16.6. The molecule has 0 bridgehead atoms. The summed E-state index contributed by atoms with van der Waals surface area (Å²) in [5.41, 5.74) is 1.43. The number of thiophene rings is 1. The molecule has 1 aromatic carbocycles. The van der Waals surface area contributed by atoms with Crippen molar-refractivity contribution in [1.29, 1.82) is 0 Å². The number of hydrogen-bond acceptors (Lipinski definition) is 5. The van der Waals surface area contributed by atoms with Crippen LogP contribution in [-0.2, 0) is 4.79 Å². The van der Waals surface area contributed by atoms with Gasteiger partial charge in [0.2, 0.25) is 11.0 Å². The minimum absolute atomic E-state index is 0.258. The highest BCUT2D eigenvalue weighted by Gasteiger charge is 2.14. The van der Waals surface area contributed by atoms with Gasteiger partial charge in [0.05, 0.1) is 15.9 Å². The maximum atomic E-state index is 13.4. The third-order valence-corrected chi connectivity index (χ3v) is 5.38. The Morgan fingerprint density at radius 1 is 1.31 bits per heavy atom. The smallest absolute Gasteiger partial charge is 0.249 e.